The Hall–Kier alpha value is -2.64. The van der Waals surface area contributed by atoms with Crippen LogP contribution in [0.2, 0.25) is 0 Å². The van der Waals surface area contributed by atoms with Crippen molar-refractivity contribution in [1.82, 2.24) is 25.4 Å². The van der Waals surface area contributed by atoms with Crippen LogP contribution in [0.4, 0.5) is 4.39 Å². The molecule has 0 saturated carbocycles. The minimum absolute atomic E-state index is 0.103. The van der Waals surface area contributed by atoms with Gasteiger partial charge in [-0.3, -0.25) is 4.68 Å². The van der Waals surface area contributed by atoms with E-state index in [1.54, 1.807) is 16.8 Å². The molecule has 0 saturated heterocycles. The van der Waals surface area contributed by atoms with Gasteiger partial charge in [-0.15, -0.1) is 0 Å². The second-order valence-electron chi connectivity index (χ2n) is 5.26. The van der Waals surface area contributed by atoms with Gasteiger partial charge in [-0.05, 0) is 38.1 Å². The summed E-state index contributed by atoms with van der Waals surface area (Å²) in [5.74, 6) is 1.81. The SMILES string of the molecule is CCNC(=NCc1ncnn1C)NCC(C)Oc1ccc(F)cc1. The molecule has 0 amide bonds. The highest BCUT2D eigenvalue weighted by Crippen LogP contribution is 2.12. The third-order valence-corrected chi connectivity index (χ3v) is 3.24. The first-order chi connectivity index (χ1) is 11.6. The molecular weight excluding hydrogens is 311 g/mol. The summed E-state index contributed by atoms with van der Waals surface area (Å²) in [7, 11) is 1.83. The number of aromatic nitrogens is 3. The second kappa shape index (κ2) is 8.85. The summed E-state index contributed by atoms with van der Waals surface area (Å²) < 4.78 is 20.3. The zero-order chi connectivity index (χ0) is 17.4. The summed E-state index contributed by atoms with van der Waals surface area (Å²) in [6, 6.07) is 5.97. The average Bonchev–Trinajstić information content (AvgIpc) is 2.97. The quantitative estimate of drug-likeness (QED) is 0.592. The number of hydrogen-bond donors (Lipinski definition) is 2. The van der Waals surface area contributed by atoms with Crippen LogP contribution in [0.1, 0.15) is 19.7 Å². The lowest BCUT2D eigenvalue weighted by Gasteiger charge is -2.17. The van der Waals surface area contributed by atoms with Gasteiger partial charge in [-0.25, -0.2) is 14.4 Å². The van der Waals surface area contributed by atoms with Crippen molar-refractivity contribution in [2.24, 2.45) is 12.0 Å². The monoisotopic (exact) mass is 334 g/mol. The van der Waals surface area contributed by atoms with Gasteiger partial charge in [0.2, 0.25) is 0 Å². The summed E-state index contributed by atoms with van der Waals surface area (Å²) in [5, 5.41) is 10.4. The zero-order valence-corrected chi connectivity index (χ0v) is 14.2. The number of rotatable bonds is 7. The van der Waals surface area contributed by atoms with Crippen LogP contribution in [-0.4, -0.2) is 39.9 Å². The lowest BCUT2D eigenvalue weighted by Crippen LogP contribution is -2.41. The van der Waals surface area contributed by atoms with Gasteiger partial charge in [-0.2, -0.15) is 5.10 Å². The van der Waals surface area contributed by atoms with Crippen LogP contribution in [0.3, 0.4) is 0 Å². The Morgan fingerprint density at radius 3 is 2.71 bits per heavy atom. The van der Waals surface area contributed by atoms with E-state index in [9.17, 15) is 4.39 Å². The number of nitrogens with one attached hydrogen (secondary N) is 2. The summed E-state index contributed by atoms with van der Waals surface area (Å²) in [6.45, 7) is 5.67. The standard InChI is InChI=1S/C16H23FN6O/c1-4-18-16(20-10-15-21-11-22-23(15)3)19-9-12(2)24-14-7-5-13(17)6-8-14/h5-8,11-12H,4,9-10H2,1-3H3,(H2,18,19,20). The molecule has 0 aliphatic carbocycles. The molecule has 1 heterocycles. The second-order valence-corrected chi connectivity index (χ2v) is 5.26. The van der Waals surface area contributed by atoms with E-state index in [1.807, 2.05) is 20.9 Å². The maximum Gasteiger partial charge on any atom is 0.191 e. The van der Waals surface area contributed by atoms with Crippen LogP contribution in [0.25, 0.3) is 0 Å². The van der Waals surface area contributed by atoms with Gasteiger partial charge in [0, 0.05) is 13.6 Å². The van der Waals surface area contributed by atoms with Crippen LogP contribution in [0.5, 0.6) is 5.75 Å². The molecule has 1 unspecified atom stereocenters. The van der Waals surface area contributed by atoms with Gasteiger partial charge < -0.3 is 15.4 Å². The van der Waals surface area contributed by atoms with E-state index in [4.69, 9.17) is 4.74 Å². The Morgan fingerprint density at radius 1 is 1.33 bits per heavy atom. The van der Waals surface area contributed by atoms with Crippen molar-refractivity contribution in [2.45, 2.75) is 26.5 Å². The molecule has 130 valence electrons. The minimum Gasteiger partial charge on any atom is -0.489 e. The van der Waals surface area contributed by atoms with E-state index in [1.165, 1.54) is 18.5 Å². The van der Waals surface area contributed by atoms with Crippen molar-refractivity contribution < 1.29 is 9.13 Å². The van der Waals surface area contributed by atoms with Crippen LogP contribution in [0, 0.1) is 5.82 Å². The normalized spacial score (nSPS) is 12.8. The van der Waals surface area contributed by atoms with Crippen molar-refractivity contribution in [2.75, 3.05) is 13.1 Å². The molecule has 0 aliphatic heterocycles. The van der Waals surface area contributed by atoms with Crippen molar-refractivity contribution in [3.8, 4) is 5.75 Å². The van der Waals surface area contributed by atoms with E-state index < -0.39 is 0 Å². The van der Waals surface area contributed by atoms with Gasteiger partial charge >= 0.3 is 0 Å². The number of guanidine groups is 1. The average molecular weight is 334 g/mol. The predicted molar refractivity (Wildman–Crippen MR) is 90.3 cm³/mol. The molecule has 1 atom stereocenters. The predicted octanol–water partition coefficient (Wildman–Crippen LogP) is 1.48. The van der Waals surface area contributed by atoms with E-state index in [-0.39, 0.29) is 11.9 Å². The van der Waals surface area contributed by atoms with E-state index in [2.05, 4.69) is 25.7 Å². The van der Waals surface area contributed by atoms with Crippen LogP contribution >= 0.6 is 0 Å². The lowest BCUT2D eigenvalue weighted by molar-refractivity contribution is 0.223. The van der Waals surface area contributed by atoms with Gasteiger partial charge in [0.15, 0.2) is 5.96 Å². The smallest absolute Gasteiger partial charge is 0.191 e. The van der Waals surface area contributed by atoms with Crippen molar-refractivity contribution in [3.05, 3.63) is 42.2 Å². The van der Waals surface area contributed by atoms with E-state index in [0.29, 0.717) is 24.8 Å². The Bertz CT molecular complexity index is 655. The molecule has 0 spiro atoms. The minimum atomic E-state index is -0.279. The molecule has 2 N–H and O–H groups in total. The number of halogens is 1. The molecule has 7 nitrogen and oxygen atoms in total. The molecule has 2 rings (SSSR count). The number of benzene rings is 1. The molecule has 0 bridgehead atoms. The van der Waals surface area contributed by atoms with E-state index in [0.717, 1.165) is 12.4 Å². The summed E-state index contributed by atoms with van der Waals surface area (Å²) in [5.41, 5.74) is 0. The highest BCUT2D eigenvalue weighted by molar-refractivity contribution is 5.79. The molecule has 8 heteroatoms. The first kappa shape index (κ1) is 17.7. The van der Waals surface area contributed by atoms with Crippen molar-refractivity contribution in [1.29, 1.82) is 0 Å². The summed E-state index contributed by atoms with van der Waals surface area (Å²) >= 11 is 0. The van der Waals surface area contributed by atoms with Crippen LogP contribution < -0.4 is 15.4 Å². The van der Waals surface area contributed by atoms with Gasteiger partial charge in [0.1, 0.15) is 36.4 Å². The molecule has 0 radical (unpaired) electrons. The number of ether oxygens (including phenoxy) is 1. The summed E-state index contributed by atoms with van der Waals surface area (Å²) in [4.78, 5) is 8.61. The van der Waals surface area contributed by atoms with E-state index >= 15 is 0 Å². The van der Waals surface area contributed by atoms with Crippen LogP contribution in [0.15, 0.2) is 35.6 Å². The molecule has 1 aromatic heterocycles. The zero-order valence-electron chi connectivity index (χ0n) is 14.2. The Kier molecular flexibility index (Phi) is 6.53. The molecule has 0 fully saturated rings. The Labute approximate surface area is 141 Å². The van der Waals surface area contributed by atoms with Crippen molar-refractivity contribution >= 4 is 5.96 Å². The maximum absolute atomic E-state index is 12.9. The number of aryl methyl sites for hydroxylation is 1. The number of aliphatic imine (C=N–C) groups is 1. The third-order valence-electron chi connectivity index (χ3n) is 3.24. The topological polar surface area (TPSA) is 76.4 Å². The van der Waals surface area contributed by atoms with Gasteiger partial charge in [0.25, 0.3) is 0 Å². The van der Waals surface area contributed by atoms with Crippen molar-refractivity contribution in [3.63, 3.8) is 0 Å². The Morgan fingerprint density at radius 2 is 2.08 bits per heavy atom. The molecule has 24 heavy (non-hydrogen) atoms. The largest absolute Gasteiger partial charge is 0.489 e. The third kappa shape index (κ3) is 5.53. The lowest BCUT2D eigenvalue weighted by atomic mass is 10.3. The number of hydrogen-bond acceptors (Lipinski definition) is 4. The van der Waals surface area contributed by atoms with Crippen LogP contribution in [-0.2, 0) is 13.6 Å². The molecule has 2 aromatic rings. The van der Waals surface area contributed by atoms with Gasteiger partial charge in [0.05, 0.1) is 6.54 Å². The number of nitrogens with zero attached hydrogens (tertiary/aromatic N) is 4. The fraction of sp³-hybridized carbons (Fsp3) is 0.438. The fourth-order valence-electron chi connectivity index (χ4n) is 1.98. The fourth-order valence-corrected chi connectivity index (χ4v) is 1.98. The first-order valence-electron chi connectivity index (χ1n) is 7.85. The molecular formula is C16H23FN6O. The van der Waals surface area contributed by atoms with Gasteiger partial charge in [-0.1, -0.05) is 0 Å². The highest BCUT2D eigenvalue weighted by atomic mass is 19.1. The Balaban J connectivity index is 1.85. The first-order valence-corrected chi connectivity index (χ1v) is 7.85. The summed E-state index contributed by atoms with van der Waals surface area (Å²) in [6.07, 6.45) is 1.40. The molecule has 1 aromatic carbocycles. The maximum atomic E-state index is 12.9. The molecule has 0 aliphatic rings. The highest BCUT2D eigenvalue weighted by Gasteiger charge is 2.07.